The zero-order valence-electron chi connectivity index (χ0n) is 57.8. The Morgan fingerprint density at radius 1 is 0.478 bits per heavy atom. The van der Waals surface area contributed by atoms with Crippen LogP contribution in [0, 0.1) is 0 Å². The number of rotatable bonds is 18. The van der Waals surface area contributed by atoms with Crippen molar-refractivity contribution < 1.29 is 9.59 Å². The summed E-state index contributed by atoms with van der Waals surface area (Å²) < 4.78 is 0. The zero-order chi connectivity index (χ0) is 65.6. The Morgan fingerprint density at radius 3 is 1.07 bits per heavy atom. The number of piperazine rings is 2. The van der Waals surface area contributed by atoms with Crippen molar-refractivity contribution in [1.82, 2.24) is 70.9 Å². The van der Waals surface area contributed by atoms with Crippen LogP contribution in [0.25, 0.3) is 0 Å². The van der Waals surface area contributed by atoms with Crippen molar-refractivity contribution in [3.05, 3.63) is 47.0 Å². The first-order valence-electron chi connectivity index (χ1n) is 33.1. The fourth-order valence-electron chi connectivity index (χ4n) is 9.98. The largest absolute Gasteiger partial charge is 0.365 e. The average molecular weight is 1250 g/mol. The van der Waals surface area contributed by atoms with Gasteiger partial charge in [-0.15, -0.1) is 0 Å². The Hall–Kier alpha value is -6.54. The van der Waals surface area contributed by atoms with Crippen LogP contribution < -0.4 is 67.9 Å². The quantitative estimate of drug-likeness (QED) is 0.0635. The lowest BCUT2D eigenvalue weighted by molar-refractivity contribution is -0.131. The molecule has 0 spiro atoms. The predicted octanol–water partition coefficient (Wildman–Crippen LogP) is 4.99. The van der Waals surface area contributed by atoms with Crippen LogP contribution in [0.3, 0.4) is 0 Å². The van der Waals surface area contributed by atoms with Crippen molar-refractivity contribution in [1.29, 1.82) is 0 Å². The van der Waals surface area contributed by atoms with E-state index in [9.17, 15) is 9.59 Å². The van der Waals surface area contributed by atoms with Crippen LogP contribution in [0.15, 0.2) is 24.3 Å². The van der Waals surface area contributed by atoms with Crippen LogP contribution in [0.5, 0.6) is 0 Å². The first-order chi connectivity index (χ1) is 42.5. The molecule has 0 aromatic carbocycles. The van der Waals surface area contributed by atoms with Crippen LogP contribution >= 0.6 is 0 Å². The highest BCUT2D eigenvalue weighted by Crippen LogP contribution is 2.30. The number of nitrogens with one attached hydrogen (secondary N) is 8. The number of nitrogens with two attached hydrogens (primary N) is 1. The minimum atomic E-state index is -0.0357. The van der Waals surface area contributed by atoms with Gasteiger partial charge in [0.1, 0.15) is 23.3 Å². The van der Waals surface area contributed by atoms with Gasteiger partial charge in [-0.25, -0.2) is 19.9 Å². The van der Waals surface area contributed by atoms with Crippen LogP contribution in [0.1, 0.15) is 146 Å². The van der Waals surface area contributed by atoms with E-state index in [-0.39, 0.29) is 33.5 Å². The SMILES string of the molecule is CC(=O)N1CCN(c2nc(NC3CNC3)cc(C(C)(C)C)n2)CC1.CCC(=O)N1CCN(c2nc(NC3CNC3)cc(C(C)(C)C)n2)CC1.CCCCN(C)c1nc(NC2CNC2)cc(C(C)(C)C)n1.CN(CCN)c1nc(NC2CNC2)cc(C(C)(C)C)n1. The molecule has 500 valence electrons. The third kappa shape index (κ3) is 21.0. The molecule has 0 unspecified atom stereocenters. The third-order valence-electron chi connectivity index (χ3n) is 16.7. The van der Waals surface area contributed by atoms with E-state index >= 15 is 0 Å². The molecule has 6 fully saturated rings. The summed E-state index contributed by atoms with van der Waals surface area (Å²) >= 11 is 0. The minimum absolute atomic E-state index is 0.00443. The highest BCUT2D eigenvalue weighted by Gasteiger charge is 2.30. The molecule has 4 aromatic rings. The number of anilines is 8. The molecule has 2 amide bonds. The summed E-state index contributed by atoms with van der Waals surface area (Å²) in [6.07, 6.45) is 2.91. The number of hydrogen-bond donors (Lipinski definition) is 9. The maximum absolute atomic E-state index is 11.9. The van der Waals surface area contributed by atoms with Gasteiger partial charge >= 0.3 is 0 Å². The first kappa shape index (κ1) is 70.9. The number of likely N-dealkylation sites (N-methyl/N-ethyl adjacent to an activating group) is 1. The summed E-state index contributed by atoms with van der Waals surface area (Å²) in [7, 11) is 4.05. The molecule has 0 aliphatic carbocycles. The van der Waals surface area contributed by atoms with E-state index < -0.39 is 0 Å². The Labute approximate surface area is 538 Å². The van der Waals surface area contributed by atoms with Crippen molar-refractivity contribution in [3.8, 4) is 0 Å². The Morgan fingerprint density at radius 2 is 0.789 bits per heavy atom. The van der Waals surface area contributed by atoms with E-state index in [2.05, 4.69) is 189 Å². The van der Waals surface area contributed by atoms with Gasteiger partial charge in [-0.2, -0.15) is 19.9 Å². The number of nitrogens with zero attached hydrogens (tertiary/aromatic N) is 14. The molecule has 25 nitrogen and oxygen atoms in total. The van der Waals surface area contributed by atoms with Gasteiger partial charge in [-0.05, 0) is 6.42 Å². The summed E-state index contributed by atoms with van der Waals surface area (Å²) in [6.45, 7) is 48.1. The van der Waals surface area contributed by atoms with Gasteiger partial charge in [0.25, 0.3) is 0 Å². The average Bonchev–Trinajstić information content (AvgIpc) is 3.03. The maximum Gasteiger partial charge on any atom is 0.227 e. The molecule has 6 saturated heterocycles. The minimum Gasteiger partial charge on any atom is -0.365 e. The maximum atomic E-state index is 11.9. The molecule has 0 atom stereocenters. The van der Waals surface area contributed by atoms with E-state index in [4.69, 9.17) is 35.6 Å². The van der Waals surface area contributed by atoms with Gasteiger partial charge in [-0.3, -0.25) is 9.59 Å². The van der Waals surface area contributed by atoms with E-state index in [1.54, 1.807) is 6.92 Å². The lowest BCUT2D eigenvalue weighted by Gasteiger charge is -2.35. The molecule has 6 aliphatic heterocycles. The second kappa shape index (κ2) is 31.7. The fourth-order valence-corrected chi connectivity index (χ4v) is 9.98. The lowest BCUT2D eigenvalue weighted by Crippen LogP contribution is -2.51. The molecule has 4 aromatic heterocycles. The van der Waals surface area contributed by atoms with Gasteiger partial charge in [0.15, 0.2) is 0 Å². The van der Waals surface area contributed by atoms with Crippen molar-refractivity contribution in [2.24, 2.45) is 5.73 Å². The number of amides is 2. The summed E-state index contributed by atoms with van der Waals surface area (Å²) in [5, 5.41) is 27.0. The molecule has 0 saturated carbocycles. The number of hydrogen-bond acceptors (Lipinski definition) is 23. The van der Waals surface area contributed by atoms with Gasteiger partial charge in [0, 0.05) is 198 Å². The van der Waals surface area contributed by atoms with Crippen LogP contribution in [-0.2, 0) is 31.2 Å². The van der Waals surface area contributed by atoms with Gasteiger partial charge < -0.3 is 77.7 Å². The molecule has 10 N–H and O–H groups in total. The molecule has 0 radical (unpaired) electrons. The molecule has 10 rings (SSSR count). The molecular weight excluding hydrogens is 1130 g/mol. The number of aromatic nitrogens is 8. The van der Waals surface area contributed by atoms with Crippen LogP contribution in [0.4, 0.5) is 47.1 Å². The highest BCUT2D eigenvalue weighted by atomic mass is 16.2. The van der Waals surface area contributed by atoms with Crippen molar-refractivity contribution in [2.75, 3.05) is 179 Å². The van der Waals surface area contributed by atoms with Gasteiger partial charge in [0.2, 0.25) is 35.6 Å². The summed E-state index contributed by atoms with van der Waals surface area (Å²) in [6, 6.07) is 10.1. The Balaban J connectivity index is 0.000000171. The summed E-state index contributed by atoms with van der Waals surface area (Å²) in [5.41, 5.74) is 9.78. The monoisotopic (exact) mass is 1250 g/mol. The molecule has 10 heterocycles. The van der Waals surface area contributed by atoms with Crippen molar-refractivity contribution >= 4 is 58.9 Å². The van der Waals surface area contributed by atoms with Gasteiger partial charge in [0.05, 0.1) is 46.9 Å². The van der Waals surface area contributed by atoms with E-state index in [1.165, 1.54) is 6.42 Å². The number of unbranched alkanes of at least 4 members (excludes halogenated alkanes) is 1. The normalized spacial score (nSPS) is 17.5. The second-order valence-electron chi connectivity index (χ2n) is 29.0. The summed E-state index contributed by atoms with van der Waals surface area (Å²) in [4.78, 5) is 73.6. The molecule has 6 aliphatic rings. The third-order valence-corrected chi connectivity index (χ3v) is 16.7. The van der Waals surface area contributed by atoms with Crippen LogP contribution in [-0.4, -0.2) is 224 Å². The molecule has 0 bridgehead atoms. The fraction of sp³-hybridized carbons (Fsp3) is 0.723. The van der Waals surface area contributed by atoms with E-state index in [1.807, 2.05) is 28.7 Å². The molecule has 90 heavy (non-hydrogen) atoms. The van der Waals surface area contributed by atoms with Crippen molar-refractivity contribution in [3.63, 3.8) is 0 Å². The smallest absolute Gasteiger partial charge is 0.227 e. The lowest BCUT2D eigenvalue weighted by atomic mass is 9.92. The zero-order valence-corrected chi connectivity index (χ0v) is 57.8. The Kier molecular flexibility index (Phi) is 24.9. The van der Waals surface area contributed by atoms with Crippen molar-refractivity contribution in [2.45, 2.75) is 169 Å². The predicted molar refractivity (Wildman–Crippen MR) is 368 cm³/mol. The second-order valence-corrected chi connectivity index (χ2v) is 29.0. The topological polar surface area (TPSA) is 279 Å². The Bertz CT molecular complexity index is 2900. The number of carbonyl (C=O) groups is 2. The first-order valence-corrected chi connectivity index (χ1v) is 33.1. The summed E-state index contributed by atoms with van der Waals surface area (Å²) in [5.74, 6) is 7.09. The van der Waals surface area contributed by atoms with E-state index in [0.717, 1.165) is 194 Å². The van der Waals surface area contributed by atoms with E-state index in [0.29, 0.717) is 37.1 Å². The molecular formula is C65H113N23O2. The molecule has 25 heteroatoms. The van der Waals surface area contributed by atoms with Crippen LogP contribution in [0.2, 0.25) is 0 Å². The van der Waals surface area contributed by atoms with Gasteiger partial charge in [-0.1, -0.05) is 103 Å². The highest BCUT2D eigenvalue weighted by molar-refractivity contribution is 5.76. The standard InChI is InChI=1S/C18H30N6O.C17H28N6O.C16H29N5.C14H26N6/c1-5-16(25)23-6-8-24(9-7-23)17-21-14(18(2,3)4)10-15(22-17)20-13-11-19-12-13;1-12(24)22-5-7-23(8-6-22)16-20-14(17(2,3)4)9-15(21-16)19-13-10-18-11-13;1-6-7-8-21(5)15-19-13(16(2,3)4)9-14(20-15)18-12-10-17-11-12;1-14(2,3)11-7-12(17-10-8-16-9-10)19-13(18-11)20(4)6-5-15/h10,13,19H,5-9,11-12H2,1-4H3,(H,20,21,22);9,13,18H,5-8,10-11H2,1-4H3,(H,19,20,21);9,12,17H,6-8,10-11H2,1-5H3,(H,18,19,20);7,10,16H,5-6,8-9,15H2,1-4H3,(H,17,18,19). The number of carbonyl (C=O) groups excluding carboxylic acids is 2.